The Morgan fingerprint density at radius 2 is 1.82 bits per heavy atom. The number of aromatic nitrogens is 2. The summed E-state index contributed by atoms with van der Waals surface area (Å²) in [4.78, 5) is 27.6. The Bertz CT molecular complexity index is 1460. The summed E-state index contributed by atoms with van der Waals surface area (Å²) in [7, 11) is 0. The first kappa shape index (κ1) is 29.1. The van der Waals surface area contributed by atoms with Gasteiger partial charge in [-0.2, -0.15) is 23.5 Å². The van der Waals surface area contributed by atoms with E-state index in [1.54, 1.807) is 33.8 Å². The van der Waals surface area contributed by atoms with E-state index in [9.17, 15) is 22.8 Å². The van der Waals surface area contributed by atoms with Gasteiger partial charge in [0.2, 0.25) is 0 Å². The number of hydrogen-bond donors (Lipinski definition) is 0. The molecule has 0 N–H and O–H groups in total. The fourth-order valence-corrected chi connectivity index (χ4v) is 4.85. The van der Waals surface area contributed by atoms with Crippen LogP contribution >= 0.6 is 11.6 Å². The van der Waals surface area contributed by atoms with E-state index in [4.69, 9.17) is 16.9 Å². The van der Waals surface area contributed by atoms with Gasteiger partial charge in [0.1, 0.15) is 12.7 Å². The number of esters is 1. The lowest BCUT2D eigenvalue weighted by molar-refractivity contribution is -0.200. The summed E-state index contributed by atoms with van der Waals surface area (Å²) < 4.78 is 42.8. The zero-order valence-corrected chi connectivity index (χ0v) is 22.7. The molecule has 4 rings (SSSR count). The number of nitrogens with zero attached hydrogens (tertiary/aromatic N) is 5. The standard InChI is InChI=1S/C28H27ClF3N5O3/c1-18-24(19(2)37(34-18)23-7-6-22(17-33)25(29)16-23)15-20-4-3-5-21(14-20)26(38)36-10-8-35(9-11-36)12-13-40-27(39)28(30,31)32/h3-7,14,16H,8-13,15H2,1-2H3. The first-order valence-electron chi connectivity index (χ1n) is 12.6. The predicted octanol–water partition coefficient (Wildman–Crippen LogP) is 4.47. The number of halogens is 4. The Hall–Kier alpha value is -3.88. The third-order valence-electron chi connectivity index (χ3n) is 6.85. The molecule has 210 valence electrons. The molecule has 0 saturated carbocycles. The molecule has 1 aromatic heterocycles. The number of aryl methyl sites for hydroxylation is 1. The molecule has 1 saturated heterocycles. The van der Waals surface area contributed by atoms with Gasteiger partial charge in [-0.15, -0.1) is 0 Å². The van der Waals surface area contributed by atoms with Crippen molar-refractivity contribution in [1.29, 1.82) is 5.26 Å². The quantitative estimate of drug-likeness (QED) is 0.387. The Labute approximate surface area is 234 Å². The van der Waals surface area contributed by atoms with Gasteiger partial charge in [-0.3, -0.25) is 9.69 Å². The molecule has 1 amide bonds. The highest BCUT2D eigenvalue weighted by atomic mass is 35.5. The van der Waals surface area contributed by atoms with Gasteiger partial charge in [0.15, 0.2) is 0 Å². The molecule has 8 nitrogen and oxygen atoms in total. The van der Waals surface area contributed by atoms with E-state index < -0.39 is 12.1 Å². The van der Waals surface area contributed by atoms with Gasteiger partial charge in [0.05, 0.1) is 22.0 Å². The highest BCUT2D eigenvalue weighted by Gasteiger charge is 2.40. The molecule has 2 heterocycles. The minimum absolute atomic E-state index is 0.124. The minimum Gasteiger partial charge on any atom is -0.458 e. The SMILES string of the molecule is Cc1nn(-c2ccc(C#N)c(Cl)c2)c(C)c1Cc1cccc(C(=O)N2CCN(CCOC(=O)C(F)(F)F)CC2)c1. The van der Waals surface area contributed by atoms with E-state index in [-0.39, 0.29) is 19.1 Å². The molecule has 0 bridgehead atoms. The Kier molecular flexibility index (Phi) is 8.81. The normalized spacial score (nSPS) is 14.2. The van der Waals surface area contributed by atoms with Crippen molar-refractivity contribution >= 4 is 23.5 Å². The van der Waals surface area contributed by atoms with Crippen molar-refractivity contribution in [2.45, 2.75) is 26.4 Å². The predicted molar refractivity (Wildman–Crippen MR) is 141 cm³/mol. The lowest BCUT2D eigenvalue weighted by atomic mass is 10.0. The van der Waals surface area contributed by atoms with E-state index in [1.165, 1.54) is 0 Å². The zero-order valence-electron chi connectivity index (χ0n) is 22.0. The van der Waals surface area contributed by atoms with Crippen LogP contribution in [0.1, 0.15) is 38.4 Å². The van der Waals surface area contributed by atoms with Crippen LogP contribution in [0.4, 0.5) is 13.2 Å². The van der Waals surface area contributed by atoms with Crippen LogP contribution in [0, 0.1) is 25.2 Å². The van der Waals surface area contributed by atoms with Crippen molar-refractivity contribution in [3.05, 3.63) is 81.1 Å². The summed E-state index contributed by atoms with van der Waals surface area (Å²) in [6.45, 7) is 5.44. The Morgan fingerprint density at radius 3 is 2.48 bits per heavy atom. The fraction of sp³-hybridized carbons (Fsp3) is 0.357. The third-order valence-corrected chi connectivity index (χ3v) is 7.16. The third kappa shape index (κ3) is 6.63. The lowest BCUT2D eigenvalue weighted by Gasteiger charge is -2.34. The molecular weight excluding hydrogens is 547 g/mol. The van der Waals surface area contributed by atoms with Gasteiger partial charge in [0, 0.05) is 56.0 Å². The number of carbonyl (C=O) groups excluding carboxylic acids is 2. The summed E-state index contributed by atoms with van der Waals surface area (Å²) in [5, 5.41) is 14.2. The number of benzene rings is 2. The summed E-state index contributed by atoms with van der Waals surface area (Å²) >= 11 is 6.22. The first-order chi connectivity index (χ1) is 19.0. The number of amides is 1. The molecule has 40 heavy (non-hydrogen) atoms. The summed E-state index contributed by atoms with van der Waals surface area (Å²) in [5.41, 5.74) is 5.41. The average molecular weight is 574 g/mol. The van der Waals surface area contributed by atoms with Gasteiger partial charge in [-0.05, 0) is 49.7 Å². The molecule has 1 fully saturated rings. The second kappa shape index (κ2) is 12.1. The minimum atomic E-state index is -5.00. The summed E-state index contributed by atoms with van der Waals surface area (Å²) in [6.07, 6.45) is -4.44. The van der Waals surface area contributed by atoms with Crippen LogP contribution in [0.5, 0.6) is 0 Å². The molecule has 0 radical (unpaired) electrons. The van der Waals surface area contributed by atoms with Crippen LogP contribution in [-0.4, -0.2) is 77.0 Å². The molecule has 0 unspecified atom stereocenters. The van der Waals surface area contributed by atoms with Crippen LogP contribution in [-0.2, 0) is 16.0 Å². The molecule has 1 aliphatic rings. The molecule has 12 heteroatoms. The molecule has 1 aliphatic heterocycles. The number of ether oxygens (including phenoxy) is 1. The number of carbonyl (C=O) groups is 2. The average Bonchev–Trinajstić information content (AvgIpc) is 3.21. The zero-order chi connectivity index (χ0) is 29.0. The van der Waals surface area contributed by atoms with E-state index in [0.717, 1.165) is 28.2 Å². The van der Waals surface area contributed by atoms with Crippen molar-refractivity contribution < 1.29 is 27.5 Å². The largest absolute Gasteiger partial charge is 0.490 e. The fourth-order valence-electron chi connectivity index (χ4n) is 4.63. The summed E-state index contributed by atoms with van der Waals surface area (Å²) in [6, 6.07) is 14.6. The highest BCUT2D eigenvalue weighted by molar-refractivity contribution is 6.31. The first-order valence-corrected chi connectivity index (χ1v) is 13.0. The van der Waals surface area contributed by atoms with E-state index in [2.05, 4.69) is 9.84 Å². The maximum atomic E-state index is 13.2. The van der Waals surface area contributed by atoms with E-state index in [1.807, 2.05) is 43.0 Å². The Morgan fingerprint density at radius 1 is 1.10 bits per heavy atom. The van der Waals surface area contributed by atoms with Crippen LogP contribution < -0.4 is 0 Å². The van der Waals surface area contributed by atoms with Crippen molar-refractivity contribution in [3.8, 4) is 11.8 Å². The molecule has 2 aromatic carbocycles. The molecule has 3 aromatic rings. The Balaban J connectivity index is 1.38. The second-order valence-electron chi connectivity index (χ2n) is 9.48. The lowest BCUT2D eigenvalue weighted by Crippen LogP contribution is -2.49. The maximum absolute atomic E-state index is 13.2. The maximum Gasteiger partial charge on any atom is 0.490 e. The summed E-state index contributed by atoms with van der Waals surface area (Å²) in [5.74, 6) is -2.32. The van der Waals surface area contributed by atoms with Crippen LogP contribution in [0.2, 0.25) is 5.02 Å². The number of piperazine rings is 1. The van der Waals surface area contributed by atoms with Gasteiger partial charge in [0.25, 0.3) is 5.91 Å². The second-order valence-corrected chi connectivity index (χ2v) is 9.89. The van der Waals surface area contributed by atoms with Crippen LogP contribution in [0.3, 0.4) is 0 Å². The van der Waals surface area contributed by atoms with Crippen molar-refractivity contribution in [1.82, 2.24) is 19.6 Å². The topological polar surface area (TPSA) is 91.5 Å². The number of hydrogen-bond acceptors (Lipinski definition) is 6. The van der Waals surface area contributed by atoms with Gasteiger partial charge >= 0.3 is 12.1 Å². The highest BCUT2D eigenvalue weighted by Crippen LogP contribution is 2.25. The van der Waals surface area contributed by atoms with Gasteiger partial charge < -0.3 is 9.64 Å². The number of nitriles is 1. The molecule has 0 spiro atoms. The van der Waals surface area contributed by atoms with E-state index >= 15 is 0 Å². The van der Waals surface area contributed by atoms with Crippen LogP contribution in [0.15, 0.2) is 42.5 Å². The smallest absolute Gasteiger partial charge is 0.458 e. The van der Waals surface area contributed by atoms with Gasteiger partial charge in [-0.25, -0.2) is 9.48 Å². The molecule has 0 aliphatic carbocycles. The molecular formula is C28H27ClF3N5O3. The van der Waals surface area contributed by atoms with Gasteiger partial charge in [-0.1, -0.05) is 23.7 Å². The van der Waals surface area contributed by atoms with E-state index in [0.29, 0.717) is 48.7 Å². The van der Waals surface area contributed by atoms with Crippen molar-refractivity contribution in [3.63, 3.8) is 0 Å². The monoisotopic (exact) mass is 573 g/mol. The molecule has 0 atom stereocenters. The number of alkyl halides is 3. The van der Waals surface area contributed by atoms with Crippen molar-refractivity contribution in [2.24, 2.45) is 0 Å². The van der Waals surface area contributed by atoms with Crippen LogP contribution in [0.25, 0.3) is 5.69 Å². The van der Waals surface area contributed by atoms with Crippen molar-refractivity contribution in [2.75, 3.05) is 39.3 Å². The number of rotatable bonds is 7.